The van der Waals surface area contributed by atoms with Gasteiger partial charge in [-0.1, -0.05) is 0 Å². The van der Waals surface area contributed by atoms with Crippen LogP contribution >= 0.6 is 24.0 Å². The Morgan fingerprint density at radius 3 is 3.10 bits per heavy atom. The van der Waals surface area contributed by atoms with Crippen LogP contribution in [0.3, 0.4) is 0 Å². The molecule has 0 radical (unpaired) electrons. The van der Waals surface area contributed by atoms with Crippen LogP contribution < -0.4 is 10.6 Å². The van der Waals surface area contributed by atoms with Gasteiger partial charge in [0.25, 0.3) is 0 Å². The fourth-order valence-corrected chi connectivity index (χ4v) is 3.11. The number of aliphatic imine (C=N–C) groups is 1. The third-order valence-electron chi connectivity index (χ3n) is 4.44. The van der Waals surface area contributed by atoms with E-state index in [1.807, 2.05) is 10.7 Å². The van der Waals surface area contributed by atoms with E-state index in [-0.39, 0.29) is 30.0 Å². The van der Waals surface area contributed by atoms with Crippen molar-refractivity contribution in [2.24, 2.45) is 4.99 Å². The molecule has 1 unspecified atom stereocenters. The zero-order chi connectivity index (χ0) is 19.3. The Kier molecular flexibility index (Phi) is 7.19. The molecule has 12 heteroatoms. The first-order valence-corrected chi connectivity index (χ1v) is 9.09. The van der Waals surface area contributed by atoms with Crippen LogP contribution in [0.25, 0.3) is 11.6 Å². The molecule has 0 amide bonds. The van der Waals surface area contributed by atoms with E-state index < -0.39 is 0 Å². The SMILES string of the molecule is CN=C(NCc1nc(-c2ccco2)n[nH]1)NC1CCc2nc(COC)nn2C1.I. The number of furan rings is 1. The number of rotatable bonds is 6. The molecule has 29 heavy (non-hydrogen) atoms. The lowest BCUT2D eigenvalue weighted by Gasteiger charge is -2.25. The highest BCUT2D eigenvalue weighted by molar-refractivity contribution is 14.0. The molecule has 1 aliphatic heterocycles. The number of halogens is 1. The molecule has 3 N–H and O–H groups in total. The van der Waals surface area contributed by atoms with E-state index in [9.17, 15) is 0 Å². The highest BCUT2D eigenvalue weighted by atomic mass is 127. The number of guanidine groups is 1. The first kappa shape index (κ1) is 21.2. The van der Waals surface area contributed by atoms with Crippen LogP contribution in [0.2, 0.25) is 0 Å². The minimum Gasteiger partial charge on any atom is -0.461 e. The summed E-state index contributed by atoms with van der Waals surface area (Å²) in [5.41, 5.74) is 0. The largest absolute Gasteiger partial charge is 0.461 e. The normalized spacial score (nSPS) is 16.2. The van der Waals surface area contributed by atoms with E-state index in [4.69, 9.17) is 9.15 Å². The molecule has 0 bridgehead atoms. The molecule has 0 aliphatic carbocycles. The second-order valence-corrected chi connectivity index (χ2v) is 6.45. The molecule has 4 rings (SSSR count). The minimum atomic E-state index is 0. The molecule has 1 aliphatic rings. The summed E-state index contributed by atoms with van der Waals surface area (Å²) < 4.78 is 12.4. The third kappa shape index (κ3) is 5.12. The number of nitrogens with zero attached hydrogens (tertiary/aromatic N) is 6. The van der Waals surface area contributed by atoms with E-state index in [2.05, 4.69) is 40.9 Å². The van der Waals surface area contributed by atoms with Crippen molar-refractivity contribution >= 4 is 29.9 Å². The van der Waals surface area contributed by atoms with Gasteiger partial charge in [0.2, 0.25) is 5.82 Å². The molecule has 156 valence electrons. The zero-order valence-electron chi connectivity index (χ0n) is 16.3. The van der Waals surface area contributed by atoms with Gasteiger partial charge in [-0.05, 0) is 18.6 Å². The van der Waals surface area contributed by atoms with Crippen molar-refractivity contribution in [1.29, 1.82) is 0 Å². The van der Waals surface area contributed by atoms with E-state index >= 15 is 0 Å². The highest BCUT2D eigenvalue weighted by Crippen LogP contribution is 2.15. The van der Waals surface area contributed by atoms with Gasteiger partial charge in [-0.15, -0.1) is 29.1 Å². The lowest BCUT2D eigenvalue weighted by Crippen LogP contribution is -2.46. The summed E-state index contributed by atoms with van der Waals surface area (Å²) in [6.45, 7) is 1.63. The number of aromatic nitrogens is 6. The second kappa shape index (κ2) is 9.82. The second-order valence-electron chi connectivity index (χ2n) is 6.45. The van der Waals surface area contributed by atoms with E-state index in [1.165, 1.54) is 0 Å². The number of hydrogen-bond donors (Lipinski definition) is 3. The predicted molar refractivity (Wildman–Crippen MR) is 116 cm³/mol. The molecule has 3 aromatic heterocycles. The van der Waals surface area contributed by atoms with Gasteiger partial charge in [0.05, 0.1) is 19.4 Å². The Balaban J connectivity index is 0.00000240. The van der Waals surface area contributed by atoms with Crippen LogP contribution in [0.15, 0.2) is 27.8 Å². The summed E-state index contributed by atoms with van der Waals surface area (Å²) >= 11 is 0. The maximum absolute atomic E-state index is 5.30. The van der Waals surface area contributed by atoms with Gasteiger partial charge in [0, 0.05) is 26.6 Å². The van der Waals surface area contributed by atoms with Crippen molar-refractivity contribution in [1.82, 2.24) is 40.6 Å². The molecule has 4 heterocycles. The topological polar surface area (TPSA) is 131 Å². The summed E-state index contributed by atoms with van der Waals surface area (Å²) in [5, 5.41) is 18.2. The molecule has 0 aromatic carbocycles. The number of hydrogen-bond acceptors (Lipinski definition) is 7. The molecule has 0 fully saturated rings. The lowest BCUT2D eigenvalue weighted by atomic mass is 10.1. The van der Waals surface area contributed by atoms with Crippen LogP contribution in [0.5, 0.6) is 0 Å². The molecule has 1 atom stereocenters. The van der Waals surface area contributed by atoms with Crippen molar-refractivity contribution in [2.75, 3.05) is 14.2 Å². The number of aryl methyl sites for hydroxylation is 1. The zero-order valence-corrected chi connectivity index (χ0v) is 18.6. The Morgan fingerprint density at radius 1 is 1.45 bits per heavy atom. The van der Waals surface area contributed by atoms with Crippen LogP contribution in [0.1, 0.15) is 23.9 Å². The summed E-state index contributed by atoms with van der Waals surface area (Å²) in [4.78, 5) is 13.2. The maximum atomic E-state index is 5.30. The number of H-pyrrole nitrogens is 1. The number of aromatic amines is 1. The van der Waals surface area contributed by atoms with Gasteiger partial charge in [-0.2, -0.15) is 5.10 Å². The predicted octanol–water partition coefficient (Wildman–Crippen LogP) is 1.10. The van der Waals surface area contributed by atoms with Crippen LogP contribution in [0, 0.1) is 0 Å². The number of fused-ring (bicyclic) bond motifs is 1. The molecule has 0 saturated heterocycles. The first-order chi connectivity index (χ1) is 13.7. The van der Waals surface area contributed by atoms with Crippen LogP contribution in [-0.4, -0.2) is 56.1 Å². The average Bonchev–Trinajstić information content (AvgIpc) is 3.44. The van der Waals surface area contributed by atoms with Gasteiger partial charge in [-0.25, -0.2) is 14.6 Å². The smallest absolute Gasteiger partial charge is 0.216 e. The van der Waals surface area contributed by atoms with Gasteiger partial charge < -0.3 is 19.8 Å². The van der Waals surface area contributed by atoms with E-state index in [0.29, 0.717) is 36.5 Å². The van der Waals surface area contributed by atoms with E-state index in [0.717, 1.165) is 31.0 Å². The maximum Gasteiger partial charge on any atom is 0.216 e. The Morgan fingerprint density at radius 2 is 2.34 bits per heavy atom. The van der Waals surface area contributed by atoms with Crippen molar-refractivity contribution in [2.45, 2.75) is 38.6 Å². The van der Waals surface area contributed by atoms with Gasteiger partial charge >= 0.3 is 0 Å². The Hall–Kier alpha value is -2.48. The van der Waals surface area contributed by atoms with Gasteiger partial charge in [0.1, 0.15) is 18.3 Å². The van der Waals surface area contributed by atoms with Crippen molar-refractivity contribution in [3.63, 3.8) is 0 Å². The summed E-state index contributed by atoms with van der Waals surface area (Å²) in [7, 11) is 3.39. The number of ether oxygens (including phenoxy) is 1. The first-order valence-electron chi connectivity index (χ1n) is 9.09. The molecular formula is C17H24IN9O2. The van der Waals surface area contributed by atoms with Crippen molar-refractivity contribution < 1.29 is 9.15 Å². The van der Waals surface area contributed by atoms with Gasteiger partial charge in [0.15, 0.2) is 17.5 Å². The molecular weight excluding hydrogens is 489 g/mol. The van der Waals surface area contributed by atoms with Gasteiger partial charge in [-0.3, -0.25) is 10.1 Å². The Bertz CT molecular complexity index is 935. The van der Waals surface area contributed by atoms with Crippen molar-refractivity contribution in [3.8, 4) is 11.6 Å². The third-order valence-corrected chi connectivity index (χ3v) is 4.44. The molecule has 0 saturated carbocycles. The monoisotopic (exact) mass is 513 g/mol. The lowest BCUT2D eigenvalue weighted by molar-refractivity contribution is 0.177. The Labute approximate surface area is 184 Å². The molecule has 0 spiro atoms. The summed E-state index contributed by atoms with van der Waals surface area (Å²) in [5.74, 6) is 4.27. The molecule has 11 nitrogen and oxygen atoms in total. The number of methoxy groups -OCH3 is 1. The quantitative estimate of drug-likeness (QED) is 0.254. The summed E-state index contributed by atoms with van der Waals surface area (Å²) in [6.07, 6.45) is 3.41. The standard InChI is InChI=1S/C17H23N9O2.HI/c1-18-17(19-8-13-22-16(24-23-13)12-4-3-7-28-12)20-11-5-6-15-21-14(10-27-2)25-26(15)9-11;/h3-4,7,11H,5-6,8-10H2,1-2H3,(H2,18,19,20)(H,22,23,24);1H. The van der Waals surface area contributed by atoms with Crippen LogP contribution in [0.4, 0.5) is 0 Å². The van der Waals surface area contributed by atoms with Crippen LogP contribution in [-0.2, 0) is 30.9 Å². The highest BCUT2D eigenvalue weighted by Gasteiger charge is 2.22. The van der Waals surface area contributed by atoms with Crippen molar-refractivity contribution in [3.05, 3.63) is 35.9 Å². The summed E-state index contributed by atoms with van der Waals surface area (Å²) in [6, 6.07) is 3.84. The minimum absolute atomic E-state index is 0. The fraction of sp³-hybridized carbons (Fsp3) is 0.471. The molecule has 3 aromatic rings. The number of nitrogens with one attached hydrogen (secondary N) is 3. The average molecular weight is 513 g/mol. The van der Waals surface area contributed by atoms with E-state index in [1.54, 1.807) is 26.5 Å². The fourth-order valence-electron chi connectivity index (χ4n) is 3.11.